The highest BCUT2D eigenvalue weighted by Crippen LogP contribution is 2.13. The monoisotopic (exact) mass is 316 g/mol. The average molecular weight is 316 g/mol. The van der Waals surface area contributed by atoms with Crippen molar-refractivity contribution in [1.82, 2.24) is 9.55 Å². The van der Waals surface area contributed by atoms with Crippen molar-refractivity contribution >= 4 is 11.5 Å². The minimum absolute atomic E-state index is 0.178. The van der Waals surface area contributed by atoms with Crippen LogP contribution in [0.15, 0.2) is 53.2 Å². The van der Waals surface area contributed by atoms with Crippen molar-refractivity contribution < 1.29 is 0 Å². The van der Waals surface area contributed by atoms with Crippen molar-refractivity contribution in [1.29, 1.82) is 0 Å². The molecule has 2 aromatic rings. The molecule has 124 valence electrons. The summed E-state index contributed by atoms with van der Waals surface area (Å²) in [5, 5.41) is 1.43. The van der Waals surface area contributed by atoms with Crippen LogP contribution >= 0.6 is 0 Å². The zero-order valence-electron chi connectivity index (χ0n) is 13.7. The van der Waals surface area contributed by atoms with E-state index in [4.69, 9.17) is 17.3 Å². The molecule has 0 aliphatic rings. The summed E-state index contributed by atoms with van der Waals surface area (Å²) in [6.45, 7) is 4.00. The molecule has 2 rings (SSSR count). The predicted molar refractivity (Wildman–Crippen MR) is 94.3 cm³/mol. The highest BCUT2D eigenvalue weighted by atomic mass is 16.1. The summed E-state index contributed by atoms with van der Waals surface area (Å²) in [5.41, 5.74) is 13.3. The van der Waals surface area contributed by atoms with Crippen molar-refractivity contribution in [3.8, 4) is 0 Å². The van der Waals surface area contributed by atoms with Crippen molar-refractivity contribution in [2.45, 2.75) is 20.3 Å². The standard InChI is InChI=1S/C14H18N6O.C2H6/c1-19-8-10(13(16)18-14(19)21)7-11(15)9-20(17)12-5-3-2-4-6-12;1-2/h2-6,8-9H,7,15,17H2,1H3,(H2,16,18,21);1-2H3/b11-9-;. The first-order chi connectivity index (χ1) is 11.0. The molecule has 0 atom stereocenters. The second kappa shape index (κ2) is 8.60. The van der Waals surface area contributed by atoms with E-state index in [2.05, 4.69) is 4.98 Å². The van der Waals surface area contributed by atoms with Crippen LogP contribution < -0.4 is 28.0 Å². The Balaban J connectivity index is 0.00000127. The summed E-state index contributed by atoms with van der Waals surface area (Å²) in [7, 11) is 1.61. The number of hydrazine groups is 1. The fraction of sp³-hybridized carbons (Fsp3) is 0.250. The van der Waals surface area contributed by atoms with Gasteiger partial charge in [-0.3, -0.25) is 5.01 Å². The van der Waals surface area contributed by atoms with E-state index in [0.29, 0.717) is 17.7 Å². The fourth-order valence-electron chi connectivity index (χ4n) is 1.86. The van der Waals surface area contributed by atoms with Gasteiger partial charge < -0.3 is 16.0 Å². The number of aryl methyl sites for hydroxylation is 1. The lowest BCUT2D eigenvalue weighted by molar-refractivity contribution is 0.797. The normalized spacial score (nSPS) is 10.7. The number of allylic oxidation sites excluding steroid dienone is 1. The molecule has 0 radical (unpaired) electrons. The van der Waals surface area contributed by atoms with Crippen LogP contribution in [0, 0.1) is 0 Å². The highest BCUT2D eigenvalue weighted by molar-refractivity contribution is 5.48. The molecule has 0 fully saturated rings. The summed E-state index contributed by atoms with van der Waals surface area (Å²) >= 11 is 0. The van der Waals surface area contributed by atoms with Gasteiger partial charge in [-0.1, -0.05) is 32.0 Å². The Labute approximate surface area is 136 Å². The highest BCUT2D eigenvalue weighted by Gasteiger charge is 2.06. The molecule has 0 amide bonds. The van der Waals surface area contributed by atoms with Gasteiger partial charge >= 0.3 is 5.69 Å². The quantitative estimate of drug-likeness (QED) is 0.575. The van der Waals surface area contributed by atoms with Crippen molar-refractivity contribution in [3.05, 3.63) is 64.5 Å². The molecular weight excluding hydrogens is 292 g/mol. The maximum Gasteiger partial charge on any atom is 0.349 e. The Kier molecular flexibility index (Phi) is 6.82. The average Bonchev–Trinajstić information content (AvgIpc) is 2.55. The van der Waals surface area contributed by atoms with Crippen LogP contribution in [0.2, 0.25) is 0 Å². The van der Waals surface area contributed by atoms with Gasteiger partial charge in [-0.15, -0.1) is 0 Å². The maximum atomic E-state index is 11.3. The van der Waals surface area contributed by atoms with Crippen molar-refractivity contribution in [2.24, 2.45) is 18.6 Å². The second-order valence-corrected chi connectivity index (χ2v) is 4.67. The molecule has 0 bridgehead atoms. The molecule has 7 heteroatoms. The molecule has 0 unspecified atom stereocenters. The Morgan fingerprint density at radius 3 is 2.52 bits per heavy atom. The van der Waals surface area contributed by atoms with Crippen LogP contribution in [0.4, 0.5) is 11.5 Å². The van der Waals surface area contributed by atoms with Crippen molar-refractivity contribution in [3.63, 3.8) is 0 Å². The zero-order chi connectivity index (χ0) is 17.4. The van der Waals surface area contributed by atoms with E-state index in [9.17, 15) is 4.79 Å². The molecule has 23 heavy (non-hydrogen) atoms. The summed E-state index contributed by atoms with van der Waals surface area (Å²) < 4.78 is 1.36. The van der Waals surface area contributed by atoms with Crippen LogP contribution in [0.5, 0.6) is 0 Å². The fourth-order valence-corrected chi connectivity index (χ4v) is 1.86. The molecule has 0 spiro atoms. The third kappa shape index (κ3) is 5.15. The number of nitrogens with zero attached hydrogens (tertiary/aromatic N) is 3. The molecule has 6 N–H and O–H groups in total. The number of nitrogens with two attached hydrogens (primary N) is 3. The largest absolute Gasteiger partial charge is 0.401 e. The van der Waals surface area contributed by atoms with Crippen molar-refractivity contribution in [2.75, 3.05) is 10.7 Å². The summed E-state index contributed by atoms with van der Waals surface area (Å²) in [4.78, 5) is 15.1. The van der Waals surface area contributed by atoms with Gasteiger partial charge in [0.15, 0.2) is 0 Å². The van der Waals surface area contributed by atoms with E-state index < -0.39 is 5.69 Å². The number of nitrogen functional groups attached to an aromatic ring is 1. The Morgan fingerprint density at radius 1 is 1.30 bits per heavy atom. The lowest BCUT2D eigenvalue weighted by Gasteiger charge is -2.15. The SMILES string of the molecule is CC.Cn1cc(C/C(N)=C/N(N)c2ccccc2)c(N)nc1=O. The second-order valence-electron chi connectivity index (χ2n) is 4.67. The summed E-state index contributed by atoms with van der Waals surface area (Å²) in [6.07, 6.45) is 3.59. The van der Waals surface area contributed by atoms with Gasteiger partial charge in [-0.25, -0.2) is 10.6 Å². The van der Waals surface area contributed by atoms with Gasteiger partial charge in [0.25, 0.3) is 0 Å². The van der Waals surface area contributed by atoms with Crippen LogP contribution in [-0.2, 0) is 13.5 Å². The van der Waals surface area contributed by atoms with E-state index in [1.807, 2.05) is 44.2 Å². The van der Waals surface area contributed by atoms with Crippen LogP contribution in [0.25, 0.3) is 0 Å². The Hall–Kier alpha value is -2.80. The minimum atomic E-state index is -0.400. The van der Waals surface area contributed by atoms with Crippen LogP contribution in [-0.4, -0.2) is 9.55 Å². The first kappa shape index (κ1) is 18.2. The van der Waals surface area contributed by atoms with Crippen LogP contribution in [0.1, 0.15) is 19.4 Å². The molecule has 7 nitrogen and oxygen atoms in total. The molecule has 1 aromatic heterocycles. The van der Waals surface area contributed by atoms with Gasteiger partial charge in [-0.05, 0) is 12.1 Å². The van der Waals surface area contributed by atoms with Gasteiger partial charge in [0.2, 0.25) is 0 Å². The zero-order valence-corrected chi connectivity index (χ0v) is 13.7. The molecular formula is C16H24N6O. The lowest BCUT2D eigenvalue weighted by atomic mass is 10.2. The van der Waals surface area contributed by atoms with Crippen LogP contribution in [0.3, 0.4) is 0 Å². The number of hydrogen-bond acceptors (Lipinski definition) is 6. The predicted octanol–water partition coefficient (Wildman–Crippen LogP) is 1.11. The van der Waals surface area contributed by atoms with E-state index >= 15 is 0 Å². The third-order valence-electron chi connectivity index (χ3n) is 2.95. The van der Waals surface area contributed by atoms with E-state index in [-0.39, 0.29) is 5.82 Å². The number of aromatic nitrogens is 2. The third-order valence-corrected chi connectivity index (χ3v) is 2.95. The van der Waals surface area contributed by atoms with Gasteiger partial charge in [0.05, 0.1) is 5.69 Å². The van der Waals surface area contributed by atoms with Gasteiger partial charge in [0, 0.05) is 37.1 Å². The molecule has 0 aliphatic heterocycles. The van der Waals surface area contributed by atoms with Gasteiger partial charge in [-0.2, -0.15) is 4.98 Å². The first-order valence-electron chi connectivity index (χ1n) is 7.34. The summed E-state index contributed by atoms with van der Waals surface area (Å²) in [5.74, 6) is 6.09. The number of hydrogen-bond donors (Lipinski definition) is 3. The molecule has 1 heterocycles. The number of benzene rings is 1. The van der Waals surface area contributed by atoms with E-state index in [1.165, 1.54) is 9.58 Å². The molecule has 1 aromatic carbocycles. The summed E-state index contributed by atoms with van der Waals surface area (Å²) in [6, 6.07) is 9.40. The maximum absolute atomic E-state index is 11.3. The molecule has 0 saturated carbocycles. The number of rotatable bonds is 4. The minimum Gasteiger partial charge on any atom is -0.401 e. The van der Waals surface area contributed by atoms with E-state index in [0.717, 1.165) is 5.69 Å². The lowest BCUT2D eigenvalue weighted by Crippen LogP contribution is -2.27. The topological polar surface area (TPSA) is 116 Å². The Morgan fingerprint density at radius 2 is 1.91 bits per heavy atom. The number of para-hydroxylation sites is 1. The van der Waals surface area contributed by atoms with E-state index in [1.54, 1.807) is 19.4 Å². The first-order valence-corrected chi connectivity index (χ1v) is 7.34. The Bertz CT molecular complexity index is 708. The molecule has 0 saturated heterocycles. The smallest absolute Gasteiger partial charge is 0.349 e. The number of anilines is 2. The van der Waals surface area contributed by atoms with Gasteiger partial charge in [0.1, 0.15) is 5.82 Å². The molecule has 0 aliphatic carbocycles.